The first-order valence-corrected chi connectivity index (χ1v) is 9.92. The van der Waals surface area contributed by atoms with E-state index >= 15 is 0 Å². The number of para-hydroxylation sites is 1. The van der Waals surface area contributed by atoms with Crippen LogP contribution in [0.5, 0.6) is 5.88 Å². The molecule has 1 amide bonds. The number of ether oxygens (including phenoxy) is 2. The van der Waals surface area contributed by atoms with E-state index in [-0.39, 0.29) is 35.1 Å². The molecule has 9 nitrogen and oxygen atoms in total. The lowest BCUT2D eigenvalue weighted by Gasteiger charge is -2.24. The van der Waals surface area contributed by atoms with E-state index in [9.17, 15) is 14.4 Å². The maximum Gasteiger partial charge on any atom is 0.410 e. The molecule has 164 valence electrons. The van der Waals surface area contributed by atoms with E-state index in [0.29, 0.717) is 5.69 Å². The van der Waals surface area contributed by atoms with E-state index in [2.05, 4.69) is 9.97 Å². The van der Waals surface area contributed by atoms with Gasteiger partial charge >= 0.3 is 11.8 Å². The van der Waals surface area contributed by atoms with Crippen molar-refractivity contribution in [2.24, 2.45) is 0 Å². The van der Waals surface area contributed by atoms with Gasteiger partial charge in [0.25, 0.3) is 5.56 Å². The first-order valence-electron chi connectivity index (χ1n) is 9.55. The third-order valence-electron chi connectivity index (χ3n) is 4.21. The standard InChI is InChI=1S/C21H23ClN4O5/c1-21(2,3)31-20(29)25(4)10-11-30-18-16-14(12-15(22)23-18)26(19(28)24-17(16)27)13-8-6-5-7-9-13/h5-9,12H,10-11H2,1-4H3,(H,24,27,28). The molecule has 10 heteroatoms. The molecule has 3 aromatic rings. The highest BCUT2D eigenvalue weighted by molar-refractivity contribution is 6.30. The molecule has 0 bridgehead atoms. The smallest absolute Gasteiger partial charge is 0.410 e. The second kappa shape index (κ2) is 8.81. The molecule has 0 aliphatic heterocycles. The fourth-order valence-corrected chi connectivity index (χ4v) is 3.02. The molecule has 0 saturated carbocycles. The average Bonchev–Trinajstić information content (AvgIpc) is 2.66. The third kappa shape index (κ3) is 5.24. The van der Waals surface area contributed by atoms with Crippen LogP contribution in [0.4, 0.5) is 4.79 Å². The quantitative estimate of drug-likeness (QED) is 0.604. The van der Waals surface area contributed by atoms with Crippen molar-refractivity contribution in [3.63, 3.8) is 0 Å². The summed E-state index contributed by atoms with van der Waals surface area (Å²) in [6.45, 7) is 5.53. The number of pyridine rings is 1. The summed E-state index contributed by atoms with van der Waals surface area (Å²) < 4.78 is 12.3. The van der Waals surface area contributed by atoms with Gasteiger partial charge in [-0.2, -0.15) is 0 Å². The van der Waals surface area contributed by atoms with Gasteiger partial charge in [0.1, 0.15) is 22.7 Å². The highest BCUT2D eigenvalue weighted by Crippen LogP contribution is 2.24. The number of fused-ring (bicyclic) bond motifs is 1. The molecule has 0 spiro atoms. The van der Waals surface area contributed by atoms with Crippen molar-refractivity contribution in [1.82, 2.24) is 19.4 Å². The lowest BCUT2D eigenvalue weighted by molar-refractivity contribution is 0.0277. The Morgan fingerprint density at radius 3 is 2.55 bits per heavy atom. The van der Waals surface area contributed by atoms with Crippen LogP contribution in [0.15, 0.2) is 46.0 Å². The van der Waals surface area contributed by atoms with Gasteiger partial charge in [-0.3, -0.25) is 14.3 Å². The van der Waals surface area contributed by atoms with Crippen molar-refractivity contribution in [3.8, 4) is 11.6 Å². The molecule has 3 rings (SSSR count). The Morgan fingerprint density at radius 2 is 1.90 bits per heavy atom. The molecular weight excluding hydrogens is 424 g/mol. The molecule has 0 aliphatic rings. The van der Waals surface area contributed by atoms with Gasteiger partial charge in [-0.1, -0.05) is 29.8 Å². The largest absolute Gasteiger partial charge is 0.475 e. The van der Waals surface area contributed by atoms with Crippen LogP contribution < -0.4 is 16.0 Å². The van der Waals surface area contributed by atoms with Crippen LogP contribution in [0, 0.1) is 0 Å². The number of carbonyl (C=O) groups is 1. The topological polar surface area (TPSA) is 107 Å². The highest BCUT2D eigenvalue weighted by Gasteiger charge is 2.20. The molecular formula is C21H23ClN4O5. The molecule has 0 radical (unpaired) electrons. The molecule has 0 atom stereocenters. The summed E-state index contributed by atoms with van der Waals surface area (Å²) in [7, 11) is 1.57. The number of benzene rings is 1. The number of H-pyrrole nitrogens is 1. The molecule has 0 saturated heterocycles. The number of halogens is 1. The number of amides is 1. The van der Waals surface area contributed by atoms with Crippen molar-refractivity contribution in [2.45, 2.75) is 26.4 Å². The van der Waals surface area contributed by atoms with Gasteiger partial charge in [-0.05, 0) is 32.9 Å². The molecule has 31 heavy (non-hydrogen) atoms. The van der Waals surface area contributed by atoms with E-state index < -0.39 is 22.9 Å². The van der Waals surface area contributed by atoms with Gasteiger partial charge in [0.05, 0.1) is 17.7 Å². The number of aromatic nitrogens is 3. The Kier molecular flexibility index (Phi) is 6.35. The Labute approximate surface area is 183 Å². The molecule has 0 aliphatic carbocycles. The average molecular weight is 447 g/mol. The van der Waals surface area contributed by atoms with Crippen LogP contribution in [0.3, 0.4) is 0 Å². The molecule has 0 unspecified atom stereocenters. The van der Waals surface area contributed by atoms with Crippen molar-refractivity contribution in [2.75, 3.05) is 20.2 Å². The van der Waals surface area contributed by atoms with Crippen LogP contribution in [0.2, 0.25) is 5.15 Å². The molecule has 1 N–H and O–H groups in total. The number of carbonyl (C=O) groups excluding carboxylic acids is 1. The molecule has 2 aromatic heterocycles. The number of likely N-dealkylation sites (N-methyl/N-ethyl adjacent to an activating group) is 1. The van der Waals surface area contributed by atoms with Gasteiger partial charge in [0.2, 0.25) is 5.88 Å². The van der Waals surface area contributed by atoms with Crippen molar-refractivity contribution in [3.05, 3.63) is 62.4 Å². The fraction of sp³-hybridized carbons (Fsp3) is 0.333. The number of nitrogens with one attached hydrogen (secondary N) is 1. The van der Waals surface area contributed by atoms with E-state index in [1.807, 2.05) is 6.07 Å². The first-order chi connectivity index (χ1) is 14.6. The van der Waals surface area contributed by atoms with E-state index in [4.69, 9.17) is 21.1 Å². The van der Waals surface area contributed by atoms with E-state index in [1.165, 1.54) is 15.5 Å². The normalized spacial score (nSPS) is 11.4. The SMILES string of the molecule is CN(CCOc1nc(Cl)cc2c1c(=O)[nH]c(=O)n2-c1ccccc1)C(=O)OC(C)(C)C. The van der Waals surface area contributed by atoms with Crippen molar-refractivity contribution < 1.29 is 14.3 Å². The number of hydrogen-bond acceptors (Lipinski definition) is 6. The van der Waals surface area contributed by atoms with Crippen LogP contribution in [-0.4, -0.2) is 51.3 Å². The number of nitrogens with zero attached hydrogens (tertiary/aromatic N) is 3. The fourth-order valence-electron chi connectivity index (χ4n) is 2.84. The molecule has 1 aromatic carbocycles. The summed E-state index contributed by atoms with van der Waals surface area (Å²) in [5, 5.41) is 0.130. The minimum absolute atomic E-state index is 0.0298. The summed E-state index contributed by atoms with van der Waals surface area (Å²) in [5.41, 5.74) is -1.07. The van der Waals surface area contributed by atoms with E-state index in [0.717, 1.165) is 0 Å². The lowest BCUT2D eigenvalue weighted by atomic mass is 10.2. The lowest BCUT2D eigenvalue weighted by Crippen LogP contribution is -2.36. The summed E-state index contributed by atoms with van der Waals surface area (Å²) in [6, 6.07) is 10.2. The Bertz CT molecular complexity index is 1210. The van der Waals surface area contributed by atoms with Gasteiger partial charge in [-0.15, -0.1) is 0 Å². The molecule has 0 fully saturated rings. The first kappa shape index (κ1) is 22.4. The Balaban J connectivity index is 1.93. The van der Waals surface area contributed by atoms with Crippen molar-refractivity contribution >= 4 is 28.6 Å². The zero-order valence-electron chi connectivity index (χ0n) is 17.6. The summed E-state index contributed by atoms with van der Waals surface area (Å²) in [6.07, 6.45) is -0.504. The third-order valence-corrected chi connectivity index (χ3v) is 4.40. The maximum absolute atomic E-state index is 12.6. The van der Waals surface area contributed by atoms with Crippen LogP contribution in [0.1, 0.15) is 20.8 Å². The number of rotatable bonds is 5. The van der Waals surface area contributed by atoms with Gasteiger partial charge < -0.3 is 14.4 Å². The molecule has 2 heterocycles. The number of hydrogen-bond donors (Lipinski definition) is 1. The predicted octanol–water partition coefficient (Wildman–Crippen LogP) is 2.97. The summed E-state index contributed by atoms with van der Waals surface area (Å²) >= 11 is 6.15. The predicted molar refractivity (Wildman–Crippen MR) is 117 cm³/mol. The minimum atomic E-state index is -0.646. The zero-order chi connectivity index (χ0) is 22.8. The van der Waals surface area contributed by atoms with Crippen LogP contribution in [-0.2, 0) is 4.74 Å². The Morgan fingerprint density at radius 1 is 1.23 bits per heavy atom. The van der Waals surface area contributed by atoms with Crippen LogP contribution in [0.25, 0.3) is 16.6 Å². The van der Waals surface area contributed by atoms with Crippen molar-refractivity contribution in [1.29, 1.82) is 0 Å². The zero-order valence-corrected chi connectivity index (χ0v) is 18.4. The maximum atomic E-state index is 12.6. The summed E-state index contributed by atoms with van der Waals surface area (Å²) in [5.74, 6) is -0.0361. The van der Waals surface area contributed by atoms with Gasteiger partial charge in [0, 0.05) is 13.1 Å². The summed E-state index contributed by atoms with van der Waals surface area (Å²) in [4.78, 5) is 44.9. The van der Waals surface area contributed by atoms with Gasteiger partial charge in [-0.25, -0.2) is 14.6 Å². The Hall–Kier alpha value is -3.33. The van der Waals surface area contributed by atoms with E-state index in [1.54, 1.807) is 52.1 Å². The second-order valence-electron chi connectivity index (χ2n) is 7.82. The number of aromatic amines is 1. The monoisotopic (exact) mass is 446 g/mol. The highest BCUT2D eigenvalue weighted by atomic mass is 35.5. The van der Waals surface area contributed by atoms with Gasteiger partial charge in [0.15, 0.2) is 0 Å². The second-order valence-corrected chi connectivity index (χ2v) is 8.21. The van der Waals surface area contributed by atoms with Crippen LogP contribution >= 0.6 is 11.6 Å². The minimum Gasteiger partial charge on any atom is -0.475 e.